The van der Waals surface area contributed by atoms with Crippen LogP contribution in [-0.4, -0.2) is 45.1 Å². The first-order valence-corrected chi connectivity index (χ1v) is 11.2. The molecule has 0 aliphatic rings. The lowest BCUT2D eigenvalue weighted by Crippen LogP contribution is -2.45. The predicted molar refractivity (Wildman–Crippen MR) is 99.1 cm³/mol. The molecule has 2 N–H and O–H groups in total. The highest BCUT2D eigenvalue weighted by atomic mass is 28.4. The van der Waals surface area contributed by atoms with Crippen molar-refractivity contribution in [1.82, 2.24) is 5.32 Å². The van der Waals surface area contributed by atoms with E-state index in [0.29, 0.717) is 18.6 Å². The monoisotopic (exact) mass is 367 g/mol. The van der Waals surface area contributed by atoms with E-state index in [1.165, 1.54) is 31.4 Å². The number of methoxy groups -OCH3 is 1. The van der Waals surface area contributed by atoms with E-state index in [1.54, 1.807) is 0 Å². The maximum atomic E-state index is 12.3. The molecule has 140 valence electrons. The Labute approximate surface area is 150 Å². The van der Waals surface area contributed by atoms with Gasteiger partial charge >= 0.3 is 5.97 Å². The van der Waals surface area contributed by atoms with Crippen LogP contribution in [0.4, 0.5) is 0 Å². The zero-order chi connectivity index (χ0) is 19.3. The molecule has 0 aliphatic heterocycles. The van der Waals surface area contributed by atoms with Gasteiger partial charge in [-0.05, 0) is 42.4 Å². The molecule has 0 saturated heterocycles. The van der Waals surface area contributed by atoms with Crippen LogP contribution in [0.15, 0.2) is 24.3 Å². The van der Waals surface area contributed by atoms with E-state index in [-0.39, 0.29) is 10.8 Å². The third kappa shape index (κ3) is 6.17. The number of carbonyl (C=O) groups excluding carboxylic acids is 2. The fraction of sp³-hybridized carbons (Fsp3) is 0.556. The number of hydrogen-bond donors (Lipinski definition) is 2. The first-order valence-electron chi connectivity index (χ1n) is 8.29. The minimum absolute atomic E-state index is 0.0725. The lowest BCUT2D eigenvalue weighted by Gasteiger charge is -2.36. The molecule has 0 unspecified atom stereocenters. The van der Waals surface area contributed by atoms with Gasteiger partial charge in [-0.2, -0.15) is 0 Å². The Morgan fingerprint density at radius 3 is 2.24 bits per heavy atom. The Kier molecular flexibility index (Phi) is 7.19. The Hall–Kier alpha value is -1.86. The number of esters is 1. The Balaban J connectivity index is 2.70. The smallest absolute Gasteiger partial charge is 0.328 e. The number of phenols is 1. The minimum Gasteiger partial charge on any atom is -0.508 e. The molecule has 0 aliphatic carbocycles. The quantitative estimate of drug-likeness (QED) is 0.571. The highest BCUT2D eigenvalue weighted by molar-refractivity contribution is 6.74. The van der Waals surface area contributed by atoms with Crippen LogP contribution in [0.1, 0.15) is 37.6 Å². The Morgan fingerprint density at radius 2 is 1.76 bits per heavy atom. The van der Waals surface area contributed by atoms with Crippen molar-refractivity contribution in [3.8, 4) is 5.75 Å². The Bertz CT molecular complexity index is 592. The number of nitrogens with one attached hydrogen (secondary N) is 1. The average molecular weight is 368 g/mol. The van der Waals surface area contributed by atoms with Gasteiger partial charge in [-0.15, -0.1) is 0 Å². The van der Waals surface area contributed by atoms with E-state index in [0.717, 1.165) is 0 Å². The maximum Gasteiger partial charge on any atom is 0.328 e. The van der Waals surface area contributed by atoms with Crippen molar-refractivity contribution in [2.45, 2.75) is 51.4 Å². The van der Waals surface area contributed by atoms with Gasteiger partial charge in [-0.1, -0.05) is 20.8 Å². The molecule has 6 nitrogen and oxygen atoms in total. The molecule has 1 aromatic rings. The molecule has 1 atom stereocenters. The number of aromatic hydroxyl groups is 1. The highest BCUT2D eigenvalue weighted by Crippen LogP contribution is 2.36. The average Bonchev–Trinajstić information content (AvgIpc) is 2.52. The van der Waals surface area contributed by atoms with Crippen LogP contribution in [0.3, 0.4) is 0 Å². The second kappa shape index (κ2) is 8.49. The minimum atomic E-state index is -1.92. The number of hydrogen-bond acceptors (Lipinski definition) is 5. The van der Waals surface area contributed by atoms with Crippen LogP contribution in [0, 0.1) is 0 Å². The summed E-state index contributed by atoms with van der Waals surface area (Å²) in [5, 5.41) is 12.0. The van der Waals surface area contributed by atoms with Crippen LogP contribution >= 0.6 is 0 Å². The molecule has 25 heavy (non-hydrogen) atoms. The fourth-order valence-corrected chi connectivity index (χ4v) is 2.96. The van der Waals surface area contributed by atoms with E-state index in [4.69, 9.17) is 9.16 Å². The number of rotatable bonds is 7. The standard InChI is InChI=1S/C18H29NO5Si/c1-18(2,3)25(5,6)24-12-11-15(17(22)23-4)19-16(21)13-7-9-14(20)10-8-13/h7-10,15,20H,11-12H2,1-6H3,(H,19,21)/t15-/m1/s1. The second-order valence-electron chi connectivity index (χ2n) is 7.49. The summed E-state index contributed by atoms with van der Waals surface area (Å²) in [4.78, 5) is 24.2. The van der Waals surface area contributed by atoms with Crippen molar-refractivity contribution in [1.29, 1.82) is 0 Å². The molecule has 1 amide bonds. The van der Waals surface area contributed by atoms with Gasteiger partial charge in [0.15, 0.2) is 8.32 Å². The lowest BCUT2D eigenvalue weighted by molar-refractivity contribution is -0.143. The van der Waals surface area contributed by atoms with Gasteiger partial charge in [0.2, 0.25) is 0 Å². The SMILES string of the molecule is COC(=O)[C@@H](CCO[Si](C)(C)C(C)(C)C)NC(=O)c1ccc(O)cc1. The molecule has 0 aromatic heterocycles. The van der Waals surface area contributed by atoms with E-state index < -0.39 is 26.2 Å². The third-order valence-corrected chi connectivity index (χ3v) is 9.13. The number of phenolic OH excluding ortho intramolecular Hbond substituents is 1. The van der Waals surface area contributed by atoms with Gasteiger partial charge < -0.3 is 19.6 Å². The summed E-state index contributed by atoms with van der Waals surface area (Å²) in [6.07, 6.45) is 0.336. The van der Waals surface area contributed by atoms with Gasteiger partial charge in [0.25, 0.3) is 5.91 Å². The topological polar surface area (TPSA) is 84.9 Å². The molecule has 0 fully saturated rings. The molecule has 0 radical (unpaired) electrons. The molecule has 0 saturated carbocycles. The van der Waals surface area contributed by atoms with Gasteiger partial charge in [-0.25, -0.2) is 4.79 Å². The highest BCUT2D eigenvalue weighted by Gasteiger charge is 2.37. The Morgan fingerprint density at radius 1 is 1.20 bits per heavy atom. The van der Waals surface area contributed by atoms with Crippen LogP contribution in [0.2, 0.25) is 18.1 Å². The third-order valence-electron chi connectivity index (χ3n) is 4.60. The van der Waals surface area contributed by atoms with Gasteiger partial charge in [0.1, 0.15) is 11.8 Å². The van der Waals surface area contributed by atoms with E-state index >= 15 is 0 Å². The summed E-state index contributed by atoms with van der Waals surface area (Å²) < 4.78 is 10.8. The summed E-state index contributed by atoms with van der Waals surface area (Å²) in [7, 11) is -0.631. The summed E-state index contributed by atoms with van der Waals surface area (Å²) in [6.45, 7) is 11.1. The molecule has 1 rings (SSSR count). The van der Waals surface area contributed by atoms with E-state index in [9.17, 15) is 14.7 Å². The van der Waals surface area contributed by atoms with Crippen molar-refractivity contribution in [3.63, 3.8) is 0 Å². The van der Waals surface area contributed by atoms with Crippen LogP contribution in [-0.2, 0) is 14.0 Å². The molecule has 0 bridgehead atoms. The molecule has 0 spiro atoms. The molecular formula is C18H29NO5Si. The number of carbonyl (C=O) groups is 2. The van der Waals surface area contributed by atoms with Crippen LogP contribution in [0.5, 0.6) is 5.75 Å². The fourth-order valence-electron chi connectivity index (χ4n) is 1.89. The lowest BCUT2D eigenvalue weighted by atomic mass is 10.1. The van der Waals surface area contributed by atoms with Crippen molar-refractivity contribution in [2.75, 3.05) is 13.7 Å². The number of benzene rings is 1. The summed E-state index contributed by atoms with van der Waals surface area (Å²) in [5.41, 5.74) is 0.358. The molecule has 7 heteroatoms. The van der Waals surface area contributed by atoms with Gasteiger partial charge in [0.05, 0.1) is 7.11 Å². The van der Waals surface area contributed by atoms with E-state index in [1.807, 2.05) is 0 Å². The summed E-state index contributed by atoms with van der Waals surface area (Å²) >= 11 is 0. The van der Waals surface area contributed by atoms with Crippen LogP contribution < -0.4 is 5.32 Å². The largest absolute Gasteiger partial charge is 0.508 e. The normalized spacial score (nSPS) is 13.2. The molecular weight excluding hydrogens is 338 g/mol. The zero-order valence-electron chi connectivity index (χ0n) is 15.9. The summed E-state index contributed by atoms with van der Waals surface area (Å²) in [6, 6.07) is 5.04. The predicted octanol–water partition coefficient (Wildman–Crippen LogP) is 3.08. The van der Waals surface area contributed by atoms with Gasteiger partial charge in [-0.3, -0.25) is 4.79 Å². The van der Waals surface area contributed by atoms with Crippen molar-refractivity contribution in [2.24, 2.45) is 0 Å². The number of amides is 1. The number of ether oxygens (including phenoxy) is 1. The molecule has 0 heterocycles. The first-order chi connectivity index (χ1) is 11.5. The van der Waals surface area contributed by atoms with Crippen molar-refractivity contribution < 1.29 is 23.9 Å². The summed E-state index contributed by atoms with van der Waals surface area (Å²) in [5.74, 6) is -0.836. The second-order valence-corrected chi connectivity index (χ2v) is 12.3. The van der Waals surface area contributed by atoms with E-state index in [2.05, 4.69) is 39.2 Å². The van der Waals surface area contributed by atoms with Crippen molar-refractivity contribution >= 4 is 20.2 Å². The zero-order valence-corrected chi connectivity index (χ0v) is 16.9. The molecule has 1 aromatic carbocycles. The first kappa shape index (κ1) is 21.2. The van der Waals surface area contributed by atoms with Crippen LogP contribution in [0.25, 0.3) is 0 Å². The van der Waals surface area contributed by atoms with Crippen molar-refractivity contribution in [3.05, 3.63) is 29.8 Å². The maximum absolute atomic E-state index is 12.3. The van der Waals surface area contributed by atoms with Gasteiger partial charge in [0, 0.05) is 18.6 Å².